The number of aromatic amines is 1. The average molecular weight is 337 g/mol. The Kier molecular flexibility index (Phi) is 6.65. The minimum atomic E-state index is -3.40. The average Bonchev–Trinajstić information content (AvgIpc) is 2.77. The largest absolute Gasteiger partial charge is 0.317 e. The molecule has 1 aliphatic heterocycles. The summed E-state index contributed by atoms with van der Waals surface area (Å²) in [5, 5.41) is 10.1. The molecule has 0 unspecified atom stereocenters. The molecule has 6 nitrogen and oxygen atoms in total. The number of hydrogen-bond donors (Lipinski definition) is 2. The number of hydrogen-bond acceptors (Lipinski definition) is 4. The van der Waals surface area contributed by atoms with Crippen LogP contribution < -0.4 is 5.32 Å². The van der Waals surface area contributed by atoms with Crippen LogP contribution in [0, 0.1) is 19.8 Å². The zero-order chi connectivity index (χ0) is 14.8. The maximum absolute atomic E-state index is 12.7. The number of halogens is 1. The molecule has 1 aromatic rings. The summed E-state index contributed by atoms with van der Waals surface area (Å²) in [5.41, 5.74) is 1.18. The summed E-state index contributed by atoms with van der Waals surface area (Å²) in [4.78, 5) is 0.350. The third-order valence-corrected chi connectivity index (χ3v) is 6.08. The summed E-state index contributed by atoms with van der Waals surface area (Å²) in [6.07, 6.45) is 1.84. The standard InChI is InChI=1S/C13H24N4O2S.ClH/c1-4-14-9-12-5-7-17(8-6-12)20(18,19)13-10(2)15-16-11(13)3;/h12,14H,4-9H2,1-3H3,(H,15,16);1H. The first-order valence-corrected chi connectivity index (χ1v) is 8.63. The molecule has 2 rings (SSSR count). The predicted molar refractivity (Wildman–Crippen MR) is 85.3 cm³/mol. The summed E-state index contributed by atoms with van der Waals surface area (Å²) in [6, 6.07) is 0. The Bertz CT molecular complexity index is 531. The van der Waals surface area contributed by atoms with Gasteiger partial charge in [0, 0.05) is 13.1 Å². The number of nitrogens with one attached hydrogen (secondary N) is 2. The second-order valence-electron chi connectivity index (χ2n) is 5.42. The van der Waals surface area contributed by atoms with E-state index >= 15 is 0 Å². The lowest BCUT2D eigenvalue weighted by Gasteiger charge is -2.31. The van der Waals surface area contributed by atoms with E-state index < -0.39 is 10.0 Å². The lowest BCUT2D eigenvalue weighted by Crippen LogP contribution is -2.41. The Morgan fingerprint density at radius 3 is 2.43 bits per heavy atom. The summed E-state index contributed by atoms with van der Waals surface area (Å²) >= 11 is 0. The van der Waals surface area contributed by atoms with E-state index in [1.807, 2.05) is 0 Å². The second kappa shape index (κ2) is 7.58. The van der Waals surface area contributed by atoms with Crippen molar-refractivity contribution in [2.75, 3.05) is 26.2 Å². The Morgan fingerprint density at radius 1 is 1.33 bits per heavy atom. The van der Waals surface area contributed by atoms with Gasteiger partial charge < -0.3 is 5.32 Å². The topological polar surface area (TPSA) is 78.1 Å². The maximum Gasteiger partial charge on any atom is 0.246 e. The highest BCUT2D eigenvalue weighted by molar-refractivity contribution is 7.89. The van der Waals surface area contributed by atoms with Crippen LogP contribution in [0.2, 0.25) is 0 Å². The van der Waals surface area contributed by atoms with Gasteiger partial charge in [0.15, 0.2) is 0 Å². The smallest absolute Gasteiger partial charge is 0.246 e. The molecule has 1 aromatic heterocycles. The Balaban J connectivity index is 0.00000220. The van der Waals surface area contributed by atoms with Crippen LogP contribution >= 0.6 is 12.4 Å². The van der Waals surface area contributed by atoms with Gasteiger partial charge >= 0.3 is 0 Å². The fraction of sp³-hybridized carbons (Fsp3) is 0.769. The molecular weight excluding hydrogens is 312 g/mol. The highest BCUT2D eigenvalue weighted by Gasteiger charge is 2.32. The molecule has 1 saturated heterocycles. The first-order valence-electron chi connectivity index (χ1n) is 7.19. The number of piperidine rings is 1. The molecule has 0 bridgehead atoms. The number of rotatable bonds is 5. The Hall–Kier alpha value is -0.630. The molecule has 0 saturated carbocycles. The molecule has 0 aliphatic carbocycles. The van der Waals surface area contributed by atoms with E-state index in [9.17, 15) is 8.42 Å². The van der Waals surface area contributed by atoms with Gasteiger partial charge in [-0.15, -0.1) is 12.4 Å². The van der Waals surface area contributed by atoms with Crippen molar-refractivity contribution < 1.29 is 8.42 Å². The number of nitrogens with zero attached hydrogens (tertiary/aromatic N) is 2. The van der Waals surface area contributed by atoms with Gasteiger partial charge in [0.25, 0.3) is 0 Å². The molecule has 0 amide bonds. The van der Waals surface area contributed by atoms with Crippen molar-refractivity contribution in [3.63, 3.8) is 0 Å². The number of aryl methyl sites for hydroxylation is 2. The Labute approximate surface area is 133 Å². The van der Waals surface area contributed by atoms with Gasteiger partial charge in [-0.1, -0.05) is 6.92 Å². The first kappa shape index (κ1) is 18.4. The normalized spacial score (nSPS) is 17.7. The number of H-pyrrole nitrogens is 1. The van der Waals surface area contributed by atoms with Crippen LogP contribution in [0.1, 0.15) is 31.2 Å². The van der Waals surface area contributed by atoms with Gasteiger partial charge in [0.2, 0.25) is 10.0 Å². The summed E-state index contributed by atoms with van der Waals surface area (Å²) in [7, 11) is -3.40. The molecule has 21 heavy (non-hydrogen) atoms. The molecule has 1 fully saturated rings. The van der Waals surface area contributed by atoms with E-state index in [-0.39, 0.29) is 12.4 Å². The van der Waals surface area contributed by atoms with Crippen molar-refractivity contribution in [3.8, 4) is 0 Å². The van der Waals surface area contributed by atoms with Crippen molar-refractivity contribution in [2.24, 2.45) is 5.92 Å². The summed E-state index contributed by atoms with van der Waals surface area (Å²) in [6.45, 7) is 8.72. The van der Waals surface area contributed by atoms with Crippen molar-refractivity contribution >= 4 is 22.4 Å². The van der Waals surface area contributed by atoms with E-state index in [0.29, 0.717) is 35.3 Å². The third-order valence-electron chi connectivity index (χ3n) is 3.91. The molecule has 0 spiro atoms. The van der Waals surface area contributed by atoms with Gasteiger partial charge in [-0.2, -0.15) is 9.40 Å². The first-order chi connectivity index (χ1) is 9.46. The van der Waals surface area contributed by atoms with Gasteiger partial charge in [-0.3, -0.25) is 5.10 Å². The van der Waals surface area contributed by atoms with Crippen LogP contribution in [0.3, 0.4) is 0 Å². The fourth-order valence-corrected chi connectivity index (χ4v) is 4.55. The minimum Gasteiger partial charge on any atom is -0.317 e. The van der Waals surface area contributed by atoms with E-state index in [1.165, 1.54) is 0 Å². The highest BCUT2D eigenvalue weighted by Crippen LogP contribution is 2.26. The van der Waals surface area contributed by atoms with Crippen molar-refractivity contribution in [3.05, 3.63) is 11.4 Å². The summed E-state index contributed by atoms with van der Waals surface area (Å²) in [5.74, 6) is 0.577. The monoisotopic (exact) mass is 336 g/mol. The number of sulfonamides is 1. The predicted octanol–water partition coefficient (Wildman–Crippen LogP) is 1.46. The van der Waals surface area contributed by atoms with Crippen LogP contribution in [0.15, 0.2) is 4.90 Å². The molecule has 2 heterocycles. The molecule has 0 aromatic carbocycles. The quantitative estimate of drug-likeness (QED) is 0.853. The molecule has 2 N–H and O–H groups in total. The van der Waals surface area contributed by atoms with Crippen LogP contribution in [-0.2, 0) is 10.0 Å². The maximum atomic E-state index is 12.7. The Morgan fingerprint density at radius 2 is 1.95 bits per heavy atom. The van der Waals surface area contributed by atoms with Gasteiger partial charge in [0.05, 0.1) is 11.4 Å². The molecule has 1 aliphatic rings. The molecular formula is C13H25ClN4O2S. The minimum absolute atomic E-state index is 0. The van der Waals surface area contributed by atoms with Crippen molar-refractivity contribution in [2.45, 2.75) is 38.5 Å². The van der Waals surface area contributed by atoms with Crippen LogP contribution in [0.4, 0.5) is 0 Å². The van der Waals surface area contributed by atoms with E-state index in [4.69, 9.17) is 0 Å². The third kappa shape index (κ3) is 3.97. The summed E-state index contributed by atoms with van der Waals surface area (Å²) < 4.78 is 26.9. The molecule has 0 radical (unpaired) electrons. The fourth-order valence-electron chi connectivity index (χ4n) is 2.75. The van der Waals surface area contributed by atoms with Crippen LogP contribution in [0.5, 0.6) is 0 Å². The van der Waals surface area contributed by atoms with Gasteiger partial charge in [0.1, 0.15) is 4.90 Å². The lowest BCUT2D eigenvalue weighted by molar-refractivity contribution is 0.268. The molecule has 122 valence electrons. The SMILES string of the molecule is CCNCC1CCN(S(=O)(=O)c2c(C)n[nH]c2C)CC1.Cl. The van der Waals surface area contributed by atoms with Crippen molar-refractivity contribution in [1.29, 1.82) is 0 Å². The van der Waals surface area contributed by atoms with E-state index in [2.05, 4.69) is 22.4 Å². The zero-order valence-corrected chi connectivity index (χ0v) is 14.5. The van der Waals surface area contributed by atoms with Crippen LogP contribution in [-0.4, -0.2) is 49.1 Å². The lowest BCUT2D eigenvalue weighted by atomic mass is 9.98. The van der Waals surface area contributed by atoms with E-state index in [1.54, 1.807) is 18.2 Å². The van der Waals surface area contributed by atoms with Crippen molar-refractivity contribution in [1.82, 2.24) is 19.8 Å². The van der Waals surface area contributed by atoms with E-state index in [0.717, 1.165) is 25.9 Å². The highest BCUT2D eigenvalue weighted by atomic mass is 35.5. The second-order valence-corrected chi connectivity index (χ2v) is 7.29. The molecule has 8 heteroatoms. The van der Waals surface area contributed by atoms with Gasteiger partial charge in [-0.25, -0.2) is 8.42 Å². The van der Waals surface area contributed by atoms with Gasteiger partial charge in [-0.05, 0) is 45.7 Å². The zero-order valence-electron chi connectivity index (χ0n) is 12.8. The molecule has 0 atom stereocenters. The van der Waals surface area contributed by atoms with Crippen LogP contribution in [0.25, 0.3) is 0 Å². The number of aromatic nitrogens is 2.